The summed E-state index contributed by atoms with van der Waals surface area (Å²) >= 11 is 2.76. The van der Waals surface area contributed by atoms with E-state index in [1.807, 2.05) is 18.2 Å². The number of carboxylic acid groups (broad SMARTS) is 1. The summed E-state index contributed by atoms with van der Waals surface area (Å²) in [5.74, 6) is -0.801. The number of thiazole rings is 1. The van der Waals surface area contributed by atoms with Crippen molar-refractivity contribution < 1.29 is 24.2 Å². The van der Waals surface area contributed by atoms with Crippen LogP contribution in [0.5, 0.6) is 5.75 Å². The van der Waals surface area contributed by atoms with Crippen LogP contribution in [0.25, 0.3) is 10.2 Å². The first kappa shape index (κ1) is 22.6. The van der Waals surface area contributed by atoms with Gasteiger partial charge in [-0.1, -0.05) is 11.3 Å². The summed E-state index contributed by atoms with van der Waals surface area (Å²) in [6.45, 7) is 1.80. The molecule has 1 atom stereocenters. The van der Waals surface area contributed by atoms with Gasteiger partial charge in [-0.2, -0.15) is 0 Å². The summed E-state index contributed by atoms with van der Waals surface area (Å²) in [5.41, 5.74) is 1.36. The second-order valence-corrected chi connectivity index (χ2v) is 9.01. The van der Waals surface area contributed by atoms with Crippen LogP contribution in [0.3, 0.4) is 0 Å². The van der Waals surface area contributed by atoms with E-state index in [0.29, 0.717) is 10.8 Å². The second kappa shape index (κ2) is 10.3. The molecule has 0 spiro atoms. The molecule has 162 valence electrons. The van der Waals surface area contributed by atoms with E-state index in [2.05, 4.69) is 15.6 Å². The number of amides is 2. The molecule has 10 heteroatoms. The van der Waals surface area contributed by atoms with Crippen LogP contribution in [0, 0.1) is 0 Å². The van der Waals surface area contributed by atoms with Gasteiger partial charge in [0.1, 0.15) is 5.75 Å². The summed E-state index contributed by atoms with van der Waals surface area (Å²) in [4.78, 5) is 40.1. The molecule has 0 aliphatic carbocycles. The van der Waals surface area contributed by atoms with E-state index in [4.69, 9.17) is 9.84 Å². The molecule has 3 aromatic rings. The molecule has 0 saturated heterocycles. The number of nitrogens with one attached hydrogen (secondary N) is 2. The Balaban J connectivity index is 1.54. The largest absolute Gasteiger partial charge is 0.497 e. The normalized spacial score (nSPS) is 11.7. The Morgan fingerprint density at radius 1 is 1.13 bits per heavy atom. The van der Waals surface area contributed by atoms with Crippen LogP contribution in [0.1, 0.15) is 19.8 Å². The maximum Gasteiger partial charge on any atom is 0.303 e. The molecular weight excluding hydrogens is 438 g/mol. The molecule has 0 bridgehead atoms. The fourth-order valence-corrected chi connectivity index (χ4v) is 4.38. The van der Waals surface area contributed by atoms with Gasteiger partial charge < -0.3 is 20.5 Å². The first-order chi connectivity index (χ1) is 14.8. The summed E-state index contributed by atoms with van der Waals surface area (Å²) in [5, 5.41) is 14.3. The number of thioether (sulfide) groups is 1. The van der Waals surface area contributed by atoms with Gasteiger partial charge in [0.2, 0.25) is 11.8 Å². The number of nitrogens with zero attached hydrogens (tertiary/aromatic N) is 1. The van der Waals surface area contributed by atoms with Crippen LogP contribution in [-0.4, -0.2) is 40.2 Å². The van der Waals surface area contributed by atoms with Crippen molar-refractivity contribution in [3.05, 3.63) is 42.5 Å². The number of carboxylic acids is 1. The fourth-order valence-electron chi connectivity index (χ4n) is 2.61. The molecule has 2 aromatic carbocycles. The Morgan fingerprint density at radius 3 is 2.55 bits per heavy atom. The monoisotopic (exact) mass is 459 g/mol. The van der Waals surface area contributed by atoms with E-state index in [1.54, 1.807) is 38.3 Å². The van der Waals surface area contributed by atoms with Crippen molar-refractivity contribution in [2.75, 3.05) is 17.7 Å². The number of ether oxygens (including phenoxy) is 1. The van der Waals surface area contributed by atoms with Crippen molar-refractivity contribution in [1.82, 2.24) is 4.98 Å². The van der Waals surface area contributed by atoms with E-state index >= 15 is 0 Å². The van der Waals surface area contributed by atoms with Gasteiger partial charge in [0.15, 0.2) is 5.13 Å². The third-order valence-corrected chi connectivity index (χ3v) is 6.26. The van der Waals surface area contributed by atoms with Crippen molar-refractivity contribution in [3.63, 3.8) is 0 Å². The molecule has 0 aliphatic rings. The van der Waals surface area contributed by atoms with Gasteiger partial charge in [0.05, 0.1) is 29.0 Å². The van der Waals surface area contributed by atoms with Crippen LogP contribution < -0.4 is 15.4 Å². The SMILES string of the molecule is COc1ccc2nc(NC(=O)C(C)Sc3ccc(NC(=O)CCC(=O)O)cc3)sc2c1. The van der Waals surface area contributed by atoms with Crippen LogP contribution in [-0.2, 0) is 14.4 Å². The summed E-state index contributed by atoms with van der Waals surface area (Å²) in [6, 6.07) is 12.6. The minimum Gasteiger partial charge on any atom is -0.497 e. The molecule has 2 amide bonds. The molecule has 8 nitrogen and oxygen atoms in total. The highest BCUT2D eigenvalue weighted by Crippen LogP contribution is 2.30. The van der Waals surface area contributed by atoms with Gasteiger partial charge in [0, 0.05) is 17.0 Å². The first-order valence-electron chi connectivity index (χ1n) is 9.38. The zero-order chi connectivity index (χ0) is 22.4. The average molecular weight is 460 g/mol. The molecule has 0 saturated carbocycles. The predicted octanol–water partition coefficient (Wildman–Crippen LogP) is 4.23. The number of carbonyl (C=O) groups is 3. The number of fused-ring (bicyclic) bond motifs is 1. The second-order valence-electron chi connectivity index (χ2n) is 6.57. The van der Waals surface area contributed by atoms with Crippen molar-refractivity contribution in [2.45, 2.75) is 29.9 Å². The summed E-state index contributed by atoms with van der Waals surface area (Å²) < 4.78 is 6.14. The lowest BCUT2D eigenvalue weighted by molar-refractivity contribution is -0.138. The Labute approximate surface area is 187 Å². The average Bonchev–Trinajstić information content (AvgIpc) is 3.14. The third kappa shape index (κ3) is 6.43. The minimum absolute atomic E-state index is 0.0818. The number of aliphatic carboxylic acids is 1. The Bertz CT molecular complexity index is 1100. The zero-order valence-corrected chi connectivity index (χ0v) is 18.5. The zero-order valence-electron chi connectivity index (χ0n) is 16.9. The van der Waals surface area contributed by atoms with E-state index < -0.39 is 5.97 Å². The smallest absolute Gasteiger partial charge is 0.303 e. The van der Waals surface area contributed by atoms with E-state index in [0.717, 1.165) is 20.9 Å². The number of benzene rings is 2. The Hall–Kier alpha value is -3.11. The number of aromatic nitrogens is 1. The Kier molecular flexibility index (Phi) is 7.48. The van der Waals surface area contributed by atoms with Crippen molar-refractivity contribution in [3.8, 4) is 5.75 Å². The van der Waals surface area contributed by atoms with E-state index in [9.17, 15) is 14.4 Å². The van der Waals surface area contributed by atoms with Gasteiger partial charge in [-0.3, -0.25) is 14.4 Å². The number of methoxy groups -OCH3 is 1. The molecule has 0 aliphatic heterocycles. The number of hydrogen-bond acceptors (Lipinski definition) is 7. The lowest BCUT2D eigenvalue weighted by Gasteiger charge is -2.11. The fraction of sp³-hybridized carbons (Fsp3) is 0.238. The lowest BCUT2D eigenvalue weighted by atomic mass is 10.2. The molecule has 31 heavy (non-hydrogen) atoms. The van der Waals surface area contributed by atoms with Crippen LogP contribution in [0.2, 0.25) is 0 Å². The molecule has 0 fully saturated rings. The summed E-state index contributed by atoms with van der Waals surface area (Å²) in [6.07, 6.45) is -0.295. The van der Waals surface area contributed by atoms with Gasteiger partial charge in [0.25, 0.3) is 0 Å². The highest BCUT2D eigenvalue weighted by Gasteiger charge is 2.17. The van der Waals surface area contributed by atoms with Crippen molar-refractivity contribution >= 4 is 61.9 Å². The number of anilines is 2. The lowest BCUT2D eigenvalue weighted by Crippen LogP contribution is -2.22. The molecular formula is C21H21N3O5S2. The Morgan fingerprint density at radius 2 is 1.87 bits per heavy atom. The van der Waals surface area contributed by atoms with Gasteiger partial charge in [-0.05, 0) is 49.4 Å². The maximum atomic E-state index is 12.6. The highest BCUT2D eigenvalue weighted by molar-refractivity contribution is 8.00. The minimum atomic E-state index is -1.01. The van der Waals surface area contributed by atoms with Crippen molar-refractivity contribution in [2.24, 2.45) is 0 Å². The molecule has 3 N–H and O–H groups in total. The molecule has 1 unspecified atom stereocenters. The topological polar surface area (TPSA) is 118 Å². The number of carbonyl (C=O) groups excluding carboxylic acids is 2. The van der Waals surface area contributed by atoms with Gasteiger partial charge in [-0.25, -0.2) is 4.98 Å². The maximum absolute atomic E-state index is 12.6. The standard InChI is InChI=1S/C21H21N3O5S2/c1-12(20(28)24-21-23-16-8-5-14(29-2)11-17(16)31-21)30-15-6-3-13(4-7-15)22-18(25)9-10-19(26)27/h3-8,11-12H,9-10H2,1-2H3,(H,22,25)(H,26,27)(H,23,24,28). The molecule has 0 radical (unpaired) electrons. The van der Waals surface area contributed by atoms with Gasteiger partial charge >= 0.3 is 5.97 Å². The number of rotatable bonds is 9. The van der Waals surface area contributed by atoms with Crippen LogP contribution in [0.15, 0.2) is 47.4 Å². The van der Waals surface area contributed by atoms with Crippen molar-refractivity contribution in [1.29, 1.82) is 0 Å². The highest BCUT2D eigenvalue weighted by atomic mass is 32.2. The molecule has 1 aromatic heterocycles. The third-order valence-electron chi connectivity index (χ3n) is 4.21. The first-order valence-corrected chi connectivity index (χ1v) is 11.1. The van der Waals surface area contributed by atoms with E-state index in [1.165, 1.54) is 23.1 Å². The summed E-state index contributed by atoms with van der Waals surface area (Å²) in [7, 11) is 1.60. The van der Waals surface area contributed by atoms with Gasteiger partial charge in [-0.15, -0.1) is 11.8 Å². The quantitative estimate of drug-likeness (QED) is 0.410. The van der Waals surface area contributed by atoms with Crippen LogP contribution in [0.4, 0.5) is 10.8 Å². The predicted molar refractivity (Wildman–Crippen MR) is 122 cm³/mol. The molecule has 3 rings (SSSR count). The molecule has 1 heterocycles. The van der Waals surface area contributed by atoms with Crippen LogP contribution >= 0.6 is 23.1 Å². The number of hydrogen-bond donors (Lipinski definition) is 3. The van der Waals surface area contributed by atoms with E-state index in [-0.39, 0.29) is 29.9 Å².